The molecule has 0 amide bonds. The summed E-state index contributed by atoms with van der Waals surface area (Å²) in [6, 6.07) is 11.4. The van der Waals surface area contributed by atoms with E-state index in [4.69, 9.17) is 4.74 Å². The van der Waals surface area contributed by atoms with Crippen LogP contribution in [0, 0.1) is 0 Å². The maximum Gasteiger partial charge on any atom is 0.119 e. The van der Waals surface area contributed by atoms with Gasteiger partial charge in [0.15, 0.2) is 0 Å². The molecular weight excluding hydrogens is 228 g/mol. The summed E-state index contributed by atoms with van der Waals surface area (Å²) in [7, 11) is 1.63. The molecule has 2 aromatic carbocycles. The number of hydrogen-bond donors (Lipinski definition) is 0. The molecule has 0 aromatic heterocycles. The van der Waals surface area contributed by atoms with Crippen molar-refractivity contribution < 1.29 is 19.4 Å². The van der Waals surface area contributed by atoms with E-state index in [1.54, 1.807) is 7.11 Å². The summed E-state index contributed by atoms with van der Waals surface area (Å²) in [6.07, 6.45) is 0. The highest BCUT2D eigenvalue weighted by atomic mass is 32.2. The summed E-state index contributed by atoms with van der Waals surface area (Å²) >= 11 is 0.879. The minimum absolute atomic E-state index is 0.800. The molecule has 0 unspecified atom stereocenters. The molecule has 0 atom stereocenters. The molecule has 0 bridgehead atoms. The molecule has 0 saturated carbocycles. The second-order valence-corrected chi connectivity index (χ2v) is 3.87. The van der Waals surface area contributed by atoms with Crippen molar-refractivity contribution in [1.82, 2.24) is 0 Å². The van der Waals surface area contributed by atoms with Crippen molar-refractivity contribution in [3.05, 3.63) is 36.4 Å². The quantitative estimate of drug-likeness (QED) is 0.463. The Morgan fingerprint density at radius 2 is 1.81 bits per heavy atom. The van der Waals surface area contributed by atoms with Gasteiger partial charge >= 0.3 is 0 Å². The van der Waals surface area contributed by atoms with Crippen molar-refractivity contribution in [2.75, 3.05) is 7.11 Å². The normalized spacial score (nSPS) is 10.6. The van der Waals surface area contributed by atoms with E-state index >= 15 is 0 Å². The molecule has 0 heterocycles. The van der Waals surface area contributed by atoms with Gasteiger partial charge in [0.05, 0.1) is 19.2 Å². The van der Waals surface area contributed by atoms with Crippen LogP contribution in [0.3, 0.4) is 0 Å². The van der Waals surface area contributed by atoms with E-state index in [2.05, 4.69) is 9.37 Å². The lowest BCUT2D eigenvalue weighted by Gasteiger charge is -2.06. The Bertz CT molecular complexity index is 486. The summed E-state index contributed by atoms with van der Waals surface area (Å²) < 4.78 is 9.38. The third-order valence-corrected chi connectivity index (χ3v) is 2.75. The molecule has 5 heteroatoms. The lowest BCUT2D eigenvalue weighted by atomic mass is 10.1. The van der Waals surface area contributed by atoms with Crippen molar-refractivity contribution in [1.29, 1.82) is 0 Å². The van der Waals surface area contributed by atoms with Gasteiger partial charge in [-0.2, -0.15) is 4.33 Å². The molecule has 84 valence electrons. The minimum atomic E-state index is 0.800. The Balaban J connectivity index is 2.32. The van der Waals surface area contributed by atoms with Crippen molar-refractivity contribution in [2.24, 2.45) is 0 Å². The van der Waals surface area contributed by atoms with Crippen LogP contribution in [-0.4, -0.2) is 7.11 Å². The Hall–Kier alpha value is -1.27. The SMILES string of the molecule is COc1ccc2cc(SOO[O-])ccc2c1. The van der Waals surface area contributed by atoms with Gasteiger partial charge in [0.25, 0.3) is 0 Å². The van der Waals surface area contributed by atoms with Gasteiger partial charge in [0.2, 0.25) is 0 Å². The number of rotatable bonds is 4. The van der Waals surface area contributed by atoms with E-state index in [0.29, 0.717) is 0 Å². The molecule has 4 nitrogen and oxygen atoms in total. The van der Waals surface area contributed by atoms with Gasteiger partial charge < -0.3 is 9.99 Å². The van der Waals surface area contributed by atoms with Crippen LogP contribution in [0.5, 0.6) is 5.75 Å². The summed E-state index contributed by atoms with van der Waals surface area (Å²) in [5.74, 6) is 0.812. The van der Waals surface area contributed by atoms with Crippen LogP contribution in [-0.2, 0) is 9.37 Å². The maximum absolute atomic E-state index is 9.69. The summed E-state index contributed by atoms with van der Waals surface area (Å²) in [4.78, 5) is 0.800. The standard InChI is InChI=1S/C11H10O4S/c1-13-10-4-2-9-7-11(16-15-14-12)5-3-8(9)6-10/h2-7,12H,1H3/p-1. The molecule has 0 spiro atoms. The first kappa shape index (κ1) is 11.2. The van der Waals surface area contributed by atoms with Crippen molar-refractivity contribution in [3.8, 4) is 5.75 Å². The van der Waals surface area contributed by atoms with Crippen LogP contribution in [0.15, 0.2) is 41.3 Å². The summed E-state index contributed by atoms with van der Waals surface area (Å²) in [5, 5.41) is 15.1. The van der Waals surface area contributed by atoms with Crippen molar-refractivity contribution in [3.63, 3.8) is 0 Å². The third kappa shape index (κ3) is 2.45. The highest BCUT2D eigenvalue weighted by molar-refractivity contribution is 7.94. The fourth-order valence-corrected chi connectivity index (χ4v) is 1.84. The van der Waals surface area contributed by atoms with E-state index in [1.165, 1.54) is 0 Å². The van der Waals surface area contributed by atoms with Crippen LogP contribution in [0.25, 0.3) is 10.8 Å². The number of fused-ring (bicyclic) bond motifs is 1. The van der Waals surface area contributed by atoms with Crippen LogP contribution in [0.1, 0.15) is 0 Å². The molecule has 0 aliphatic heterocycles. The zero-order valence-electron chi connectivity index (χ0n) is 8.51. The van der Waals surface area contributed by atoms with Gasteiger partial charge in [-0.3, -0.25) is 5.04 Å². The topological polar surface area (TPSA) is 50.8 Å². The smallest absolute Gasteiger partial charge is 0.119 e. The number of methoxy groups -OCH3 is 1. The predicted octanol–water partition coefficient (Wildman–Crippen LogP) is 2.08. The third-order valence-electron chi connectivity index (χ3n) is 2.18. The largest absolute Gasteiger partial charge is 0.691 e. The molecule has 0 radical (unpaired) electrons. The summed E-state index contributed by atoms with van der Waals surface area (Å²) in [5.41, 5.74) is 0. The Morgan fingerprint density at radius 1 is 1.06 bits per heavy atom. The van der Waals surface area contributed by atoms with Crippen molar-refractivity contribution in [2.45, 2.75) is 4.90 Å². The van der Waals surface area contributed by atoms with Gasteiger partial charge in [-0.15, -0.1) is 0 Å². The fraction of sp³-hybridized carbons (Fsp3) is 0.0909. The van der Waals surface area contributed by atoms with Crippen molar-refractivity contribution >= 4 is 22.8 Å². The summed E-state index contributed by atoms with van der Waals surface area (Å²) in [6.45, 7) is 0. The monoisotopic (exact) mass is 237 g/mol. The Labute approximate surface area is 96.8 Å². The molecule has 16 heavy (non-hydrogen) atoms. The van der Waals surface area contributed by atoms with Crippen LogP contribution < -0.4 is 9.99 Å². The molecule has 0 N–H and O–H groups in total. The van der Waals surface area contributed by atoms with Crippen LogP contribution in [0.4, 0.5) is 0 Å². The second kappa shape index (κ2) is 5.18. The first-order chi connectivity index (χ1) is 7.83. The lowest BCUT2D eigenvalue weighted by molar-refractivity contribution is -0.777. The molecule has 2 aromatic rings. The first-order valence-corrected chi connectivity index (χ1v) is 5.28. The van der Waals surface area contributed by atoms with E-state index < -0.39 is 0 Å². The number of benzene rings is 2. The highest BCUT2D eigenvalue weighted by Gasteiger charge is 1.99. The van der Waals surface area contributed by atoms with Gasteiger partial charge in [-0.1, -0.05) is 12.1 Å². The number of ether oxygens (including phenoxy) is 1. The minimum Gasteiger partial charge on any atom is -0.691 e. The highest BCUT2D eigenvalue weighted by Crippen LogP contribution is 2.26. The van der Waals surface area contributed by atoms with E-state index in [9.17, 15) is 5.26 Å². The van der Waals surface area contributed by atoms with Crippen LogP contribution in [0.2, 0.25) is 0 Å². The van der Waals surface area contributed by atoms with Gasteiger partial charge in [-0.25, -0.2) is 0 Å². The van der Waals surface area contributed by atoms with Gasteiger partial charge in [-0.05, 0) is 35.0 Å². The molecule has 2 rings (SSSR count). The maximum atomic E-state index is 9.69. The molecular formula is C11H9O4S-. The van der Waals surface area contributed by atoms with E-state index in [1.807, 2.05) is 36.4 Å². The number of hydrogen-bond acceptors (Lipinski definition) is 5. The fourth-order valence-electron chi connectivity index (χ4n) is 1.43. The molecule has 0 aliphatic rings. The Kier molecular flexibility index (Phi) is 3.63. The van der Waals surface area contributed by atoms with E-state index in [-0.39, 0.29) is 0 Å². The van der Waals surface area contributed by atoms with Gasteiger partial charge in [0, 0.05) is 4.90 Å². The average Bonchev–Trinajstić information content (AvgIpc) is 2.35. The average molecular weight is 237 g/mol. The molecule has 0 fully saturated rings. The van der Waals surface area contributed by atoms with E-state index in [0.717, 1.165) is 33.5 Å². The van der Waals surface area contributed by atoms with Crippen LogP contribution >= 0.6 is 12.0 Å². The second-order valence-electron chi connectivity index (χ2n) is 3.09. The lowest BCUT2D eigenvalue weighted by Crippen LogP contribution is -2.00. The predicted molar refractivity (Wildman–Crippen MR) is 58.5 cm³/mol. The first-order valence-electron chi connectivity index (χ1n) is 4.54. The zero-order valence-corrected chi connectivity index (χ0v) is 9.32. The Morgan fingerprint density at radius 3 is 2.56 bits per heavy atom. The van der Waals surface area contributed by atoms with Gasteiger partial charge in [0.1, 0.15) is 5.75 Å². The molecule has 0 aliphatic carbocycles. The molecule has 0 saturated heterocycles. The zero-order chi connectivity index (χ0) is 11.4.